The fourth-order valence-electron chi connectivity index (χ4n) is 2.21. The highest BCUT2D eigenvalue weighted by Crippen LogP contribution is 2.37. The number of ether oxygens (including phenoxy) is 1. The van der Waals surface area contributed by atoms with Crippen LogP contribution in [0, 0.1) is 0 Å². The van der Waals surface area contributed by atoms with Crippen molar-refractivity contribution in [1.82, 2.24) is 9.47 Å². The number of likely N-dealkylation sites (N-methyl/N-ethyl adjacent to an activating group) is 1. The van der Waals surface area contributed by atoms with E-state index in [0.29, 0.717) is 43.7 Å². The maximum atomic E-state index is 12.5. The predicted molar refractivity (Wildman–Crippen MR) is 75.2 cm³/mol. The second-order valence-electron chi connectivity index (χ2n) is 4.88. The van der Waals surface area contributed by atoms with Gasteiger partial charge in [-0.25, -0.2) is 0 Å². The summed E-state index contributed by atoms with van der Waals surface area (Å²) in [5.74, 6) is 0.0470. The van der Waals surface area contributed by atoms with Gasteiger partial charge < -0.3 is 19.9 Å². The van der Waals surface area contributed by atoms with Gasteiger partial charge in [-0.05, 0) is 32.8 Å². The van der Waals surface area contributed by atoms with E-state index >= 15 is 0 Å². The monoisotopic (exact) mass is 265 g/mol. The van der Waals surface area contributed by atoms with Crippen LogP contribution in [0.4, 0.5) is 5.69 Å². The van der Waals surface area contributed by atoms with Crippen LogP contribution in [-0.2, 0) is 4.74 Å². The summed E-state index contributed by atoms with van der Waals surface area (Å²) in [4.78, 5) is 14.3. The highest BCUT2D eigenvalue weighted by atomic mass is 16.5. The third kappa shape index (κ3) is 3.29. The summed E-state index contributed by atoms with van der Waals surface area (Å²) >= 11 is 0. The molecule has 0 aromatic carbocycles. The molecular weight excluding hydrogens is 242 g/mol. The van der Waals surface area contributed by atoms with Gasteiger partial charge in [0, 0.05) is 31.9 Å². The quantitative estimate of drug-likeness (QED) is 0.766. The van der Waals surface area contributed by atoms with Gasteiger partial charge in [0.15, 0.2) is 0 Å². The summed E-state index contributed by atoms with van der Waals surface area (Å²) in [5, 5.41) is 0. The van der Waals surface area contributed by atoms with Crippen LogP contribution >= 0.6 is 0 Å². The van der Waals surface area contributed by atoms with Gasteiger partial charge in [0.2, 0.25) is 0 Å². The third-order valence-electron chi connectivity index (χ3n) is 3.41. The molecule has 1 aliphatic carbocycles. The van der Waals surface area contributed by atoms with Crippen molar-refractivity contribution >= 4 is 11.6 Å². The number of nitrogens with two attached hydrogens (primary N) is 1. The second kappa shape index (κ2) is 6.10. The Hall–Kier alpha value is -1.49. The topological polar surface area (TPSA) is 60.5 Å². The van der Waals surface area contributed by atoms with Gasteiger partial charge in [-0.2, -0.15) is 0 Å². The van der Waals surface area contributed by atoms with Crippen molar-refractivity contribution in [3.8, 4) is 0 Å². The van der Waals surface area contributed by atoms with Crippen molar-refractivity contribution in [1.29, 1.82) is 0 Å². The van der Waals surface area contributed by atoms with Gasteiger partial charge in [-0.1, -0.05) is 0 Å². The second-order valence-corrected chi connectivity index (χ2v) is 4.88. The van der Waals surface area contributed by atoms with Gasteiger partial charge in [-0.15, -0.1) is 0 Å². The van der Waals surface area contributed by atoms with Crippen molar-refractivity contribution < 1.29 is 9.53 Å². The highest BCUT2D eigenvalue weighted by molar-refractivity contribution is 5.94. The number of nitrogen functional groups attached to an aromatic ring is 1. The van der Waals surface area contributed by atoms with Crippen LogP contribution in [-0.4, -0.2) is 41.7 Å². The fraction of sp³-hybridized carbons (Fsp3) is 0.643. The van der Waals surface area contributed by atoms with Crippen LogP contribution in [0.5, 0.6) is 0 Å². The number of carbonyl (C=O) groups excluding carboxylic acids is 1. The Morgan fingerprint density at radius 3 is 2.84 bits per heavy atom. The van der Waals surface area contributed by atoms with Crippen LogP contribution in [0.2, 0.25) is 0 Å². The summed E-state index contributed by atoms with van der Waals surface area (Å²) in [5.41, 5.74) is 7.20. The van der Waals surface area contributed by atoms with Crippen LogP contribution in [0.15, 0.2) is 12.3 Å². The first-order valence-corrected chi connectivity index (χ1v) is 7.01. The number of aromatic nitrogens is 1. The lowest BCUT2D eigenvalue weighted by atomic mass is 10.3. The molecule has 2 rings (SSSR count). The van der Waals surface area contributed by atoms with Gasteiger partial charge in [0.25, 0.3) is 5.91 Å². The van der Waals surface area contributed by atoms with E-state index in [4.69, 9.17) is 10.5 Å². The zero-order chi connectivity index (χ0) is 13.8. The van der Waals surface area contributed by atoms with Crippen molar-refractivity contribution in [2.24, 2.45) is 0 Å². The minimum absolute atomic E-state index is 0.0470. The maximum absolute atomic E-state index is 12.5. The number of anilines is 1. The molecule has 106 valence electrons. The summed E-state index contributed by atoms with van der Waals surface area (Å²) < 4.78 is 7.35. The summed E-state index contributed by atoms with van der Waals surface area (Å²) in [6.07, 6.45) is 4.15. The zero-order valence-corrected chi connectivity index (χ0v) is 11.8. The minimum atomic E-state index is 0.0470. The molecule has 1 saturated carbocycles. The Kier molecular flexibility index (Phi) is 4.47. The number of hydrogen-bond acceptors (Lipinski definition) is 3. The number of amides is 1. The molecule has 1 amide bonds. The van der Waals surface area contributed by atoms with E-state index in [2.05, 4.69) is 0 Å². The lowest BCUT2D eigenvalue weighted by molar-refractivity contribution is 0.0659. The van der Waals surface area contributed by atoms with Crippen LogP contribution in [0.25, 0.3) is 0 Å². The van der Waals surface area contributed by atoms with Crippen molar-refractivity contribution in [3.63, 3.8) is 0 Å². The molecular formula is C14H23N3O2. The van der Waals surface area contributed by atoms with Gasteiger partial charge >= 0.3 is 0 Å². The molecule has 5 heteroatoms. The fourth-order valence-corrected chi connectivity index (χ4v) is 2.21. The smallest absolute Gasteiger partial charge is 0.270 e. The molecule has 0 saturated heterocycles. The normalized spacial score (nSPS) is 14.6. The molecule has 19 heavy (non-hydrogen) atoms. The van der Waals surface area contributed by atoms with E-state index in [0.717, 1.165) is 12.8 Å². The molecule has 1 aromatic heterocycles. The van der Waals surface area contributed by atoms with Gasteiger partial charge in [0.05, 0.1) is 12.3 Å². The van der Waals surface area contributed by atoms with E-state index in [1.54, 1.807) is 6.07 Å². The van der Waals surface area contributed by atoms with Gasteiger partial charge in [-0.3, -0.25) is 4.79 Å². The number of rotatable bonds is 7. The Morgan fingerprint density at radius 1 is 1.53 bits per heavy atom. The number of carbonyl (C=O) groups is 1. The Balaban J connectivity index is 2.08. The SMILES string of the molecule is CCOCCN(CC)C(=O)c1cc(N)cn1C1CC1. The summed E-state index contributed by atoms with van der Waals surface area (Å²) in [6, 6.07) is 2.24. The minimum Gasteiger partial charge on any atom is -0.397 e. The molecule has 1 aliphatic rings. The first kappa shape index (κ1) is 13.9. The van der Waals surface area contributed by atoms with E-state index in [1.807, 2.05) is 29.5 Å². The Bertz CT molecular complexity index is 438. The highest BCUT2D eigenvalue weighted by Gasteiger charge is 2.29. The van der Waals surface area contributed by atoms with Gasteiger partial charge in [0.1, 0.15) is 5.69 Å². The molecule has 2 N–H and O–H groups in total. The predicted octanol–water partition coefficient (Wildman–Crippen LogP) is 1.90. The number of nitrogens with zero attached hydrogens (tertiary/aromatic N) is 2. The molecule has 1 heterocycles. The standard InChI is InChI=1S/C14H23N3O2/c1-3-16(7-8-19-4-2)14(18)13-9-11(15)10-17(13)12-5-6-12/h9-10,12H,3-8,15H2,1-2H3. The molecule has 0 atom stereocenters. The average molecular weight is 265 g/mol. The Morgan fingerprint density at radius 2 is 2.26 bits per heavy atom. The lowest BCUT2D eigenvalue weighted by Gasteiger charge is -2.21. The van der Waals surface area contributed by atoms with E-state index in [9.17, 15) is 4.79 Å². The molecule has 5 nitrogen and oxygen atoms in total. The first-order chi connectivity index (χ1) is 9.17. The van der Waals surface area contributed by atoms with Crippen molar-refractivity contribution in [3.05, 3.63) is 18.0 Å². The van der Waals surface area contributed by atoms with E-state index in [1.165, 1.54) is 0 Å². The van der Waals surface area contributed by atoms with Crippen LogP contribution in [0.3, 0.4) is 0 Å². The summed E-state index contributed by atoms with van der Waals surface area (Å²) in [7, 11) is 0. The van der Waals surface area contributed by atoms with E-state index < -0.39 is 0 Å². The summed E-state index contributed by atoms with van der Waals surface area (Å²) in [6.45, 7) is 6.50. The largest absolute Gasteiger partial charge is 0.397 e. The molecule has 0 spiro atoms. The number of hydrogen-bond donors (Lipinski definition) is 1. The molecule has 0 aliphatic heterocycles. The average Bonchev–Trinajstić information content (AvgIpc) is 3.17. The van der Waals surface area contributed by atoms with Crippen molar-refractivity contribution in [2.75, 3.05) is 32.0 Å². The molecule has 1 fully saturated rings. The van der Waals surface area contributed by atoms with Crippen LogP contribution in [0.1, 0.15) is 43.2 Å². The maximum Gasteiger partial charge on any atom is 0.270 e. The van der Waals surface area contributed by atoms with E-state index in [-0.39, 0.29) is 5.91 Å². The lowest BCUT2D eigenvalue weighted by Crippen LogP contribution is -2.35. The zero-order valence-electron chi connectivity index (χ0n) is 11.8. The Labute approximate surface area is 114 Å². The van der Waals surface area contributed by atoms with Crippen molar-refractivity contribution in [2.45, 2.75) is 32.7 Å². The molecule has 0 bridgehead atoms. The molecule has 0 unspecified atom stereocenters. The van der Waals surface area contributed by atoms with Crippen LogP contribution < -0.4 is 5.73 Å². The molecule has 0 radical (unpaired) electrons. The third-order valence-corrected chi connectivity index (χ3v) is 3.41. The first-order valence-electron chi connectivity index (χ1n) is 7.01. The molecule has 1 aromatic rings.